The molecule has 1 N–H and O–H groups in total. The fourth-order valence-electron chi connectivity index (χ4n) is 1.94. The van der Waals surface area contributed by atoms with Crippen LogP contribution in [-0.2, 0) is 6.54 Å². The summed E-state index contributed by atoms with van der Waals surface area (Å²) in [4.78, 5) is 4.30. The van der Waals surface area contributed by atoms with Crippen molar-refractivity contribution in [2.75, 3.05) is 0 Å². The van der Waals surface area contributed by atoms with E-state index in [-0.39, 0.29) is 0 Å². The minimum atomic E-state index is 0.346. The van der Waals surface area contributed by atoms with E-state index in [4.69, 9.17) is 0 Å². The minimum absolute atomic E-state index is 0.346. The molecule has 2 heteroatoms. The van der Waals surface area contributed by atoms with Gasteiger partial charge in [0, 0.05) is 18.8 Å². The van der Waals surface area contributed by atoms with Crippen molar-refractivity contribution in [1.82, 2.24) is 10.3 Å². The van der Waals surface area contributed by atoms with Crippen LogP contribution >= 0.6 is 0 Å². The summed E-state index contributed by atoms with van der Waals surface area (Å²) in [7, 11) is 0. The summed E-state index contributed by atoms with van der Waals surface area (Å²) in [5.74, 6) is 0. The van der Waals surface area contributed by atoms with E-state index in [0.29, 0.717) is 6.04 Å². The van der Waals surface area contributed by atoms with Gasteiger partial charge in [0.15, 0.2) is 0 Å². The first-order valence-corrected chi connectivity index (χ1v) is 5.96. The zero-order valence-electron chi connectivity index (χ0n) is 10.4. The summed E-state index contributed by atoms with van der Waals surface area (Å²) in [5.41, 5.74) is 3.75. The highest BCUT2D eigenvalue weighted by molar-refractivity contribution is 5.28. The van der Waals surface area contributed by atoms with Crippen LogP contribution in [0, 0.1) is 6.92 Å². The first-order valence-electron chi connectivity index (χ1n) is 5.96. The van der Waals surface area contributed by atoms with Crippen molar-refractivity contribution < 1.29 is 0 Å². The SMILES string of the molecule is Cc1ccccc1[C@H](C)NCc1ccccn1. The van der Waals surface area contributed by atoms with Crippen LogP contribution < -0.4 is 5.32 Å². The second-order valence-corrected chi connectivity index (χ2v) is 4.28. The van der Waals surface area contributed by atoms with E-state index in [1.807, 2.05) is 24.4 Å². The number of rotatable bonds is 4. The van der Waals surface area contributed by atoms with Gasteiger partial charge in [-0.1, -0.05) is 30.3 Å². The third-order valence-electron chi connectivity index (χ3n) is 2.97. The number of nitrogens with zero attached hydrogens (tertiary/aromatic N) is 1. The van der Waals surface area contributed by atoms with Gasteiger partial charge in [0.25, 0.3) is 0 Å². The normalized spacial score (nSPS) is 12.4. The summed E-state index contributed by atoms with van der Waals surface area (Å²) in [5, 5.41) is 3.49. The molecule has 0 saturated heterocycles. The quantitative estimate of drug-likeness (QED) is 0.865. The molecule has 2 nitrogen and oxygen atoms in total. The van der Waals surface area contributed by atoms with Gasteiger partial charge < -0.3 is 5.32 Å². The van der Waals surface area contributed by atoms with E-state index in [0.717, 1.165) is 12.2 Å². The van der Waals surface area contributed by atoms with E-state index in [9.17, 15) is 0 Å². The molecule has 88 valence electrons. The molecule has 1 atom stereocenters. The molecular formula is C15H18N2. The van der Waals surface area contributed by atoms with Gasteiger partial charge in [-0.15, -0.1) is 0 Å². The first kappa shape index (κ1) is 11.8. The molecule has 0 fully saturated rings. The molecule has 0 spiro atoms. The number of pyridine rings is 1. The van der Waals surface area contributed by atoms with Crippen LogP contribution in [0.5, 0.6) is 0 Å². The maximum atomic E-state index is 4.30. The topological polar surface area (TPSA) is 24.9 Å². The summed E-state index contributed by atoms with van der Waals surface area (Å²) in [6.45, 7) is 5.13. The van der Waals surface area contributed by atoms with Crippen LogP contribution in [0.4, 0.5) is 0 Å². The summed E-state index contributed by atoms with van der Waals surface area (Å²) in [6.07, 6.45) is 1.83. The Labute approximate surface area is 103 Å². The van der Waals surface area contributed by atoms with Crippen molar-refractivity contribution >= 4 is 0 Å². The highest BCUT2D eigenvalue weighted by Gasteiger charge is 2.06. The molecule has 2 rings (SSSR count). The lowest BCUT2D eigenvalue weighted by Gasteiger charge is -2.16. The van der Waals surface area contributed by atoms with Crippen molar-refractivity contribution in [2.45, 2.75) is 26.4 Å². The minimum Gasteiger partial charge on any atom is -0.305 e. The molecule has 0 bridgehead atoms. The molecule has 1 aromatic heterocycles. The monoisotopic (exact) mass is 226 g/mol. The molecule has 0 unspecified atom stereocenters. The molecule has 0 aliphatic carbocycles. The van der Waals surface area contributed by atoms with Gasteiger partial charge in [-0.05, 0) is 37.1 Å². The number of nitrogens with one attached hydrogen (secondary N) is 1. The van der Waals surface area contributed by atoms with Crippen molar-refractivity contribution in [1.29, 1.82) is 0 Å². The number of hydrogen-bond donors (Lipinski definition) is 1. The molecule has 0 amide bonds. The molecule has 17 heavy (non-hydrogen) atoms. The molecular weight excluding hydrogens is 208 g/mol. The van der Waals surface area contributed by atoms with Crippen LogP contribution in [-0.4, -0.2) is 4.98 Å². The molecule has 1 aromatic carbocycles. The largest absolute Gasteiger partial charge is 0.305 e. The van der Waals surface area contributed by atoms with Crippen LogP contribution in [0.15, 0.2) is 48.7 Å². The Kier molecular flexibility index (Phi) is 3.89. The zero-order chi connectivity index (χ0) is 12.1. The van der Waals surface area contributed by atoms with E-state index < -0.39 is 0 Å². The first-order chi connectivity index (χ1) is 8.27. The van der Waals surface area contributed by atoms with E-state index in [2.05, 4.69) is 48.4 Å². The maximum absolute atomic E-state index is 4.30. The van der Waals surface area contributed by atoms with Crippen molar-refractivity contribution in [3.8, 4) is 0 Å². The lowest BCUT2D eigenvalue weighted by Crippen LogP contribution is -2.19. The Hall–Kier alpha value is -1.67. The van der Waals surface area contributed by atoms with Gasteiger partial charge in [-0.2, -0.15) is 0 Å². The highest BCUT2D eigenvalue weighted by Crippen LogP contribution is 2.16. The standard InChI is InChI=1S/C15H18N2/c1-12-7-3-4-9-15(12)13(2)17-11-14-8-5-6-10-16-14/h3-10,13,17H,11H2,1-2H3/t13-/m0/s1. The molecule has 0 saturated carbocycles. The molecule has 2 aromatic rings. The predicted molar refractivity (Wildman–Crippen MR) is 70.7 cm³/mol. The Morgan fingerprint density at radius 2 is 1.88 bits per heavy atom. The van der Waals surface area contributed by atoms with Gasteiger partial charge in [0.1, 0.15) is 0 Å². The second kappa shape index (κ2) is 5.60. The number of aryl methyl sites for hydroxylation is 1. The maximum Gasteiger partial charge on any atom is 0.0541 e. The Morgan fingerprint density at radius 1 is 1.12 bits per heavy atom. The van der Waals surface area contributed by atoms with Crippen molar-refractivity contribution in [2.24, 2.45) is 0 Å². The number of aromatic nitrogens is 1. The zero-order valence-corrected chi connectivity index (χ0v) is 10.4. The Morgan fingerprint density at radius 3 is 2.59 bits per heavy atom. The van der Waals surface area contributed by atoms with Gasteiger partial charge in [0.05, 0.1) is 5.69 Å². The number of benzene rings is 1. The van der Waals surface area contributed by atoms with Gasteiger partial charge in [0.2, 0.25) is 0 Å². The molecule has 0 aliphatic heterocycles. The van der Waals surface area contributed by atoms with Gasteiger partial charge in [-0.3, -0.25) is 4.98 Å². The van der Waals surface area contributed by atoms with Crippen LogP contribution in [0.3, 0.4) is 0 Å². The molecule has 0 aliphatic rings. The smallest absolute Gasteiger partial charge is 0.0541 e. The fourth-order valence-corrected chi connectivity index (χ4v) is 1.94. The number of hydrogen-bond acceptors (Lipinski definition) is 2. The van der Waals surface area contributed by atoms with Gasteiger partial charge >= 0.3 is 0 Å². The third kappa shape index (κ3) is 3.14. The molecule has 1 heterocycles. The average molecular weight is 226 g/mol. The van der Waals surface area contributed by atoms with Crippen molar-refractivity contribution in [3.05, 3.63) is 65.5 Å². The van der Waals surface area contributed by atoms with Crippen LogP contribution in [0.2, 0.25) is 0 Å². The third-order valence-corrected chi connectivity index (χ3v) is 2.97. The van der Waals surface area contributed by atoms with E-state index in [1.165, 1.54) is 11.1 Å². The summed E-state index contributed by atoms with van der Waals surface area (Å²) >= 11 is 0. The van der Waals surface area contributed by atoms with Crippen LogP contribution in [0.1, 0.15) is 29.8 Å². The summed E-state index contributed by atoms with van der Waals surface area (Å²) in [6, 6.07) is 14.8. The lowest BCUT2D eigenvalue weighted by molar-refractivity contribution is 0.565. The highest BCUT2D eigenvalue weighted by atomic mass is 14.9. The Bertz CT molecular complexity index is 465. The van der Waals surface area contributed by atoms with Crippen LogP contribution in [0.25, 0.3) is 0 Å². The summed E-state index contributed by atoms with van der Waals surface area (Å²) < 4.78 is 0. The van der Waals surface area contributed by atoms with Gasteiger partial charge in [-0.25, -0.2) is 0 Å². The van der Waals surface area contributed by atoms with E-state index >= 15 is 0 Å². The van der Waals surface area contributed by atoms with Crippen molar-refractivity contribution in [3.63, 3.8) is 0 Å². The van der Waals surface area contributed by atoms with E-state index in [1.54, 1.807) is 0 Å². The second-order valence-electron chi connectivity index (χ2n) is 4.28. The predicted octanol–water partition coefficient (Wildman–Crippen LogP) is 3.24. The average Bonchev–Trinajstić information content (AvgIpc) is 2.38. The molecule has 0 radical (unpaired) electrons. The fraction of sp³-hybridized carbons (Fsp3) is 0.267. The lowest BCUT2D eigenvalue weighted by atomic mass is 10.0. The Balaban J connectivity index is 1.99.